The molecule has 1 aromatic rings. The Kier molecular flexibility index (Phi) is 3.36. The maximum atomic E-state index is 6.62. The van der Waals surface area contributed by atoms with Gasteiger partial charge in [-0.3, -0.25) is 0 Å². The number of benzene rings is 1. The maximum absolute atomic E-state index is 6.62. The molecule has 1 fully saturated rings. The summed E-state index contributed by atoms with van der Waals surface area (Å²) in [5.74, 6) is 1.08. The molecule has 2 aliphatic rings. The molecule has 1 aliphatic heterocycles. The second kappa shape index (κ2) is 4.74. The van der Waals surface area contributed by atoms with E-state index in [0.29, 0.717) is 16.9 Å². The van der Waals surface area contributed by atoms with E-state index in [1.165, 1.54) is 12.0 Å². The summed E-state index contributed by atoms with van der Waals surface area (Å²) in [6.07, 6.45) is 4.65. The third-order valence-corrected chi connectivity index (χ3v) is 5.10. The van der Waals surface area contributed by atoms with E-state index in [9.17, 15) is 0 Å². The van der Waals surface area contributed by atoms with E-state index in [4.69, 9.17) is 4.74 Å². The smallest absolute Gasteiger partial charge is 0.124 e. The normalized spacial score (nSPS) is 28.7. The molecule has 1 N–H and O–H groups in total. The lowest BCUT2D eigenvalue weighted by molar-refractivity contribution is -0.0858. The van der Waals surface area contributed by atoms with Crippen LogP contribution in [-0.2, 0) is 0 Å². The van der Waals surface area contributed by atoms with Gasteiger partial charge in [-0.15, -0.1) is 0 Å². The lowest BCUT2D eigenvalue weighted by Crippen LogP contribution is -2.53. The second-order valence-corrected chi connectivity index (χ2v) is 8.73. The third kappa shape index (κ3) is 2.83. The topological polar surface area (TPSA) is 21.3 Å². The summed E-state index contributed by atoms with van der Waals surface area (Å²) in [7, 11) is 2.07. The van der Waals surface area contributed by atoms with Crippen LogP contribution in [0.4, 0.5) is 0 Å². The van der Waals surface area contributed by atoms with Gasteiger partial charge in [-0.2, -0.15) is 0 Å². The molecule has 1 unspecified atom stereocenters. The van der Waals surface area contributed by atoms with Crippen LogP contribution in [0.15, 0.2) is 24.3 Å². The number of para-hydroxylation sites is 1. The van der Waals surface area contributed by atoms with Gasteiger partial charge in [-0.1, -0.05) is 45.9 Å². The van der Waals surface area contributed by atoms with Crippen molar-refractivity contribution in [3.05, 3.63) is 29.8 Å². The van der Waals surface area contributed by atoms with Gasteiger partial charge in [-0.05, 0) is 43.2 Å². The minimum atomic E-state index is -0.0206. The van der Waals surface area contributed by atoms with Crippen molar-refractivity contribution in [1.82, 2.24) is 5.32 Å². The van der Waals surface area contributed by atoms with Crippen molar-refractivity contribution in [2.45, 2.75) is 65.0 Å². The molecular formula is C19H29NO. The first-order valence-corrected chi connectivity index (χ1v) is 8.20. The summed E-state index contributed by atoms with van der Waals surface area (Å²) >= 11 is 0. The molecule has 2 heteroatoms. The van der Waals surface area contributed by atoms with Crippen LogP contribution in [0.5, 0.6) is 5.75 Å². The Bertz CT molecular complexity index is 516. The molecule has 0 bridgehead atoms. The van der Waals surface area contributed by atoms with Crippen LogP contribution in [0.25, 0.3) is 0 Å². The van der Waals surface area contributed by atoms with Gasteiger partial charge in [0.2, 0.25) is 0 Å². The first-order valence-electron chi connectivity index (χ1n) is 8.20. The van der Waals surface area contributed by atoms with Crippen LogP contribution in [0, 0.1) is 10.8 Å². The summed E-state index contributed by atoms with van der Waals surface area (Å²) in [4.78, 5) is 0. The van der Waals surface area contributed by atoms with Gasteiger partial charge < -0.3 is 10.1 Å². The zero-order chi connectivity index (χ0) is 15.3. The number of rotatable bonds is 1. The molecule has 0 radical (unpaired) electrons. The number of hydrogen-bond donors (Lipinski definition) is 1. The molecule has 1 spiro atoms. The van der Waals surface area contributed by atoms with Crippen molar-refractivity contribution < 1.29 is 4.74 Å². The second-order valence-electron chi connectivity index (χ2n) is 8.73. The van der Waals surface area contributed by atoms with Gasteiger partial charge in [-0.25, -0.2) is 0 Å². The molecule has 2 nitrogen and oxygen atoms in total. The lowest BCUT2D eigenvalue weighted by Gasteiger charge is -2.54. The molecule has 1 saturated carbocycles. The SMILES string of the molecule is CNC1CC2(CC(C)(C)CC(C)(C)C2)Oc2ccccc21. The standard InChI is InChI=1S/C19H29NO/c1-17(2)11-18(3,4)13-19(12-17)10-15(20-5)14-8-6-7-9-16(14)21-19/h6-9,15,20H,10-13H2,1-5H3. The summed E-state index contributed by atoms with van der Waals surface area (Å²) < 4.78 is 6.62. The van der Waals surface area contributed by atoms with E-state index in [0.717, 1.165) is 25.0 Å². The first kappa shape index (κ1) is 14.9. The van der Waals surface area contributed by atoms with Crippen molar-refractivity contribution in [3.8, 4) is 5.75 Å². The number of fused-ring (bicyclic) bond motifs is 1. The van der Waals surface area contributed by atoms with Crippen molar-refractivity contribution in [3.63, 3.8) is 0 Å². The lowest BCUT2D eigenvalue weighted by atomic mass is 9.58. The summed E-state index contributed by atoms with van der Waals surface area (Å²) in [5.41, 5.74) is 1.97. The first-order chi connectivity index (χ1) is 9.74. The molecule has 21 heavy (non-hydrogen) atoms. The van der Waals surface area contributed by atoms with E-state index in [2.05, 4.69) is 64.3 Å². The average molecular weight is 287 g/mol. The summed E-state index contributed by atoms with van der Waals surface area (Å²) in [6.45, 7) is 9.59. The van der Waals surface area contributed by atoms with Crippen LogP contribution in [0.1, 0.15) is 65.0 Å². The van der Waals surface area contributed by atoms with E-state index < -0.39 is 0 Å². The van der Waals surface area contributed by atoms with Gasteiger partial charge in [0, 0.05) is 18.0 Å². The number of ether oxygens (including phenoxy) is 1. The molecule has 0 aromatic heterocycles. The molecule has 3 rings (SSSR count). The fourth-order valence-corrected chi connectivity index (χ4v) is 5.32. The van der Waals surface area contributed by atoms with Crippen LogP contribution in [-0.4, -0.2) is 12.6 Å². The van der Waals surface area contributed by atoms with Crippen LogP contribution in [0.3, 0.4) is 0 Å². The fraction of sp³-hybridized carbons (Fsp3) is 0.684. The Balaban J connectivity index is 2.00. The zero-order valence-electron chi connectivity index (χ0n) is 14.1. The Morgan fingerprint density at radius 1 is 1.00 bits per heavy atom. The van der Waals surface area contributed by atoms with Crippen molar-refractivity contribution in [2.75, 3.05) is 7.05 Å². The van der Waals surface area contributed by atoms with Gasteiger partial charge >= 0.3 is 0 Å². The predicted molar refractivity (Wildman–Crippen MR) is 87.6 cm³/mol. The molecule has 1 aromatic carbocycles. The highest BCUT2D eigenvalue weighted by atomic mass is 16.5. The quantitative estimate of drug-likeness (QED) is 0.808. The minimum Gasteiger partial charge on any atom is -0.487 e. The Labute approximate surface area is 129 Å². The highest BCUT2D eigenvalue weighted by molar-refractivity contribution is 5.39. The monoisotopic (exact) mass is 287 g/mol. The zero-order valence-corrected chi connectivity index (χ0v) is 14.1. The number of nitrogens with one attached hydrogen (secondary N) is 1. The van der Waals surface area contributed by atoms with E-state index >= 15 is 0 Å². The Hall–Kier alpha value is -1.02. The van der Waals surface area contributed by atoms with Crippen LogP contribution >= 0.6 is 0 Å². The van der Waals surface area contributed by atoms with E-state index in [1.54, 1.807) is 0 Å². The van der Waals surface area contributed by atoms with Gasteiger partial charge in [0.05, 0.1) is 0 Å². The molecule has 0 amide bonds. The summed E-state index contributed by atoms with van der Waals surface area (Å²) in [6, 6.07) is 8.93. The molecular weight excluding hydrogens is 258 g/mol. The average Bonchev–Trinajstić information content (AvgIpc) is 2.33. The molecule has 1 aliphatic carbocycles. The van der Waals surface area contributed by atoms with Crippen molar-refractivity contribution in [1.29, 1.82) is 0 Å². The Morgan fingerprint density at radius 3 is 2.24 bits per heavy atom. The molecule has 1 heterocycles. The molecule has 1 atom stereocenters. The van der Waals surface area contributed by atoms with Gasteiger partial charge in [0.1, 0.15) is 11.4 Å². The minimum absolute atomic E-state index is 0.0206. The highest BCUT2D eigenvalue weighted by Crippen LogP contribution is 2.56. The molecule has 116 valence electrons. The van der Waals surface area contributed by atoms with Crippen LogP contribution in [0.2, 0.25) is 0 Å². The predicted octanol–water partition coefficient (Wildman–Crippen LogP) is 4.70. The van der Waals surface area contributed by atoms with Crippen molar-refractivity contribution >= 4 is 0 Å². The molecule has 0 saturated heterocycles. The van der Waals surface area contributed by atoms with Crippen LogP contribution < -0.4 is 10.1 Å². The third-order valence-electron chi connectivity index (χ3n) is 5.10. The van der Waals surface area contributed by atoms with E-state index in [1.807, 2.05) is 0 Å². The largest absolute Gasteiger partial charge is 0.487 e. The Morgan fingerprint density at radius 2 is 1.62 bits per heavy atom. The number of hydrogen-bond acceptors (Lipinski definition) is 2. The fourth-order valence-electron chi connectivity index (χ4n) is 5.32. The maximum Gasteiger partial charge on any atom is 0.124 e. The van der Waals surface area contributed by atoms with Gasteiger partial charge in [0.15, 0.2) is 0 Å². The van der Waals surface area contributed by atoms with Crippen molar-refractivity contribution in [2.24, 2.45) is 10.8 Å². The summed E-state index contributed by atoms with van der Waals surface area (Å²) in [5, 5.41) is 3.51. The highest BCUT2D eigenvalue weighted by Gasteiger charge is 2.51. The van der Waals surface area contributed by atoms with E-state index in [-0.39, 0.29) is 5.60 Å². The van der Waals surface area contributed by atoms with Gasteiger partial charge in [0.25, 0.3) is 0 Å².